The van der Waals surface area contributed by atoms with Gasteiger partial charge in [-0.1, -0.05) is 18.2 Å². The molecular formula is C14H19N4O+. The van der Waals surface area contributed by atoms with Crippen LogP contribution in [0.2, 0.25) is 0 Å². The van der Waals surface area contributed by atoms with Gasteiger partial charge >= 0.3 is 6.03 Å². The number of para-hydroxylation sites is 1. The fraction of sp³-hybridized carbons (Fsp3) is 0.357. The Kier molecular flexibility index (Phi) is 3.94. The van der Waals surface area contributed by atoms with Crippen LogP contribution in [0.25, 0.3) is 0 Å². The van der Waals surface area contributed by atoms with Crippen LogP contribution in [0.1, 0.15) is 6.42 Å². The van der Waals surface area contributed by atoms with Gasteiger partial charge in [-0.25, -0.2) is 4.90 Å². The molecule has 0 aromatic heterocycles. The molecular weight excluding hydrogens is 240 g/mol. The first-order valence-corrected chi connectivity index (χ1v) is 6.27. The highest BCUT2D eigenvalue weighted by Crippen LogP contribution is 2.10. The Hall–Kier alpha value is -2.17. The lowest BCUT2D eigenvalue weighted by molar-refractivity contribution is -0.406. The third-order valence-electron chi connectivity index (χ3n) is 3.26. The van der Waals surface area contributed by atoms with Crippen LogP contribution in [-0.2, 0) is 0 Å². The van der Waals surface area contributed by atoms with Crippen LogP contribution in [0.4, 0.5) is 10.5 Å². The summed E-state index contributed by atoms with van der Waals surface area (Å²) >= 11 is 0. The summed E-state index contributed by atoms with van der Waals surface area (Å²) in [4.78, 5) is 13.5. The number of hydrogen-bond donors (Lipinski definition) is 0. The number of rotatable bonds is 3. The van der Waals surface area contributed by atoms with Gasteiger partial charge in [-0.2, -0.15) is 14.5 Å². The average Bonchev–Trinajstić information content (AvgIpc) is 2.45. The molecule has 5 nitrogen and oxygen atoms in total. The molecule has 1 aliphatic heterocycles. The summed E-state index contributed by atoms with van der Waals surface area (Å²) in [5.74, 6) is 0. The zero-order valence-corrected chi connectivity index (χ0v) is 11.6. The van der Waals surface area contributed by atoms with Gasteiger partial charge in [0.2, 0.25) is 0 Å². The molecule has 2 rings (SSSR count). The first-order valence-electron chi connectivity index (χ1n) is 6.27. The van der Waals surface area contributed by atoms with Crippen molar-refractivity contribution in [2.24, 2.45) is 5.10 Å². The third-order valence-corrected chi connectivity index (χ3v) is 3.26. The SMILES string of the molecule is CN1CCC(C=NN(C)c2ccccc2)=[N+](C)C1=O. The molecule has 1 heterocycles. The standard InChI is InChI=1S/C14H19N4O/c1-16-10-9-13(17(2)14(16)19)11-15-18(3)12-7-5-4-6-8-12/h4-8,11H,9-10H2,1-3H3/q+1. The van der Waals surface area contributed by atoms with Crippen LogP contribution >= 0.6 is 0 Å². The molecule has 0 saturated heterocycles. The quantitative estimate of drug-likeness (QED) is 0.470. The molecule has 0 atom stereocenters. The monoisotopic (exact) mass is 259 g/mol. The maximum absolute atomic E-state index is 11.8. The highest BCUT2D eigenvalue weighted by atomic mass is 16.2. The van der Waals surface area contributed by atoms with E-state index in [2.05, 4.69) is 5.10 Å². The zero-order chi connectivity index (χ0) is 13.8. The van der Waals surface area contributed by atoms with Crippen molar-refractivity contribution in [2.75, 3.05) is 32.7 Å². The predicted molar refractivity (Wildman–Crippen MR) is 77.2 cm³/mol. The Morgan fingerprint density at radius 1 is 1.37 bits per heavy atom. The maximum atomic E-state index is 11.8. The van der Waals surface area contributed by atoms with E-state index in [1.165, 1.54) is 0 Å². The summed E-state index contributed by atoms with van der Waals surface area (Å²) in [6, 6.07) is 9.91. The van der Waals surface area contributed by atoms with Gasteiger partial charge in [0.05, 0.1) is 32.5 Å². The molecule has 100 valence electrons. The van der Waals surface area contributed by atoms with E-state index in [-0.39, 0.29) is 6.03 Å². The van der Waals surface area contributed by atoms with E-state index in [1.54, 1.807) is 27.7 Å². The fourth-order valence-corrected chi connectivity index (χ4v) is 1.94. The molecule has 0 spiro atoms. The molecule has 0 saturated carbocycles. The van der Waals surface area contributed by atoms with Crippen molar-refractivity contribution in [1.29, 1.82) is 0 Å². The molecule has 1 aliphatic rings. The van der Waals surface area contributed by atoms with Gasteiger partial charge in [-0.15, -0.1) is 0 Å². The summed E-state index contributed by atoms with van der Waals surface area (Å²) in [5, 5.41) is 6.18. The number of carbonyl (C=O) groups is 1. The Bertz CT molecular complexity index is 522. The fourth-order valence-electron chi connectivity index (χ4n) is 1.94. The molecule has 0 fully saturated rings. The smallest absolute Gasteiger partial charge is 0.268 e. The van der Waals surface area contributed by atoms with E-state index in [4.69, 9.17) is 0 Å². The van der Waals surface area contributed by atoms with E-state index in [1.807, 2.05) is 44.4 Å². The van der Waals surface area contributed by atoms with Crippen molar-refractivity contribution in [1.82, 2.24) is 4.90 Å². The number of amides is 2. The van der Waals surface area contributed by atoms with Crippen LogP contribution in [-0.4, -0.2) is 55.1 Å². The van der Waals surface area contributed by atoms with Crippen LogP contribution in [0.5, 0.6) is 0 Å². The molecule has 1 aromatic rings. The van der Waals surface area contributed by atoms with Gasteiger partial charge in [0.15, 0.2) is 0 Å². The number of anilines is 1. The highest BCUT2D eigenvalue weighted by molar-refractivity contribution is 6.29. The van der Waals surface area contributed by atoms with Gasteiger partial charge in [-0.3, -0.25) is 5.01 Å². The normalized spacial score (nSPS) is 16.4. The number of nitrogens with zero attached hydrogens (tertiary/aromatic N) is 4. The zero-order valence-electron chi connectivity index (χ0n) is 11.6. The van der Waals surface area contributed by atoms with Crippen LogP contribution in [0.15, 0.2) is 35.4 Å². The first kappa shape index (κ1) is 13.3. The van der Waals surface area contributed by atoms with Gasteiger partial charge in [0, 0.05) is 13.5 Å². The van der Waals surface area contributed by atoms with Crippen molar-refractivity contribution < 1.29 is 9.37 Å². The largest absolute Gasteiger partial charge is 0.492 e. The first-order chi connectivity index (χ1) is 9.09. The minimum absolute atomic E-state index is 0.00932. The summed E-state index contributed by atoms with van der Waals surface area (Å²) in [5.41, 5.74) is 1.95. The molecule has 19 heavy (non-hydrogen) atoms. The van der Waals surface area contributed by atoms with Crippen molar-refractivity contribution >= 4 is 23.6 Å². The molecule has 0 radical (unpaired) electrons. The molecule has 0 bridgehead atoms. The molecule has 2 amide bonds. The number of hydrogen-bond acceptors (Lipinski definition) is 3. The van der Waals surface area contributed by atoms with Crippen molar-refractivity contribution in [3.8, 4) is 0 Å². The number of benzene rings is 1. The van der Waals surface area contributed by atoms with Gasteiger partial charge in [-0.05, 0) is 12.1 Å². The third kappa shape index (κ3) is 2.99. The molecule has 1 aromatic carbocycles. The highest BCUT2D eigenvalue weighted by Gasteiger charge is 2.27. The van der Waals surface area contributed by atoms with Gasteiger partial charge in [0.25, 0.3) is 0 Å². The van der Waals surface area contributed by atoms with Crippen LogP contribution < -0.4 is 5.01 Å². The van der Waals surface area contributed by atoms with Crippen molar-refractivity contribution in [3.63, 3.8) is 0 Å². The minimum Gasteiger partial charge on any atom is -0.268 e. The maximum Gasteiger partial charge on any atom is 0.492 e. The Morgan fingerprint density at radius 2 is 2.05 bits per heavy atom. The summed E-state index contributed by atoms with van der Waals surface area (Å²) in [6.07, 6.45) is 2.59. The molecule has 5 heteroatoms. The van der Waals surface area contributed by atoms with Gasteiger partial charge < -0.3 is 0 Å². The van der Waals surface area contributed by atoms with E-state index < -0.39 is 0 Å². The number of urea groups is 1. The van der Waals surface area contributed by atoms with E-state index >= 15 is 0 Å². The Morgan fingerprint density at radius 3 is 2.74 bits per heavy atom. The predicted octanol–water partition coefficient (Wildman–Crippen LogP) is 1.65. The lowest BCUT2D eigenvalue weighted by Gasteiger charge is -2.18. The second-order valence-electron chi connectivity index (χ2n) is 4.61. The average molecular weight is 259 g/mol. The molecule has 0 unspecified atom stereocenters. The van der Waals surface area contributed by atoms with Crippen molar-refractivity contribution in [3.05, 3.63) is 30.3 Å². The van der Waals surface area contributed by atoms with E-state index in [0.717, 1.165) is 24.4 Å². The lowest BCUT2D eigenvalue weighted by Crippen LogP contribution is -2.43. The Labute approximate surface area is 113 Å². The molecule has 0 aliphatic carbocycles. The topological polar surface area (TPSA) is 38.9 Å². The van der Waals surface area contributed by atoms with E-state index in [0.29, 0.717) is 0 Å². The van der Waals surface area contributed by atoms with Gasteiger partial charge in [0.1, 0.15) is 5.71 Å². The number of carbonyl (C=O) groups excluding carboxylic acids is 1. The Balaban J connectivity index is 2.13. The second-order valence-corrected chi connectivity index (χ2v) is 4.61. The minimum atomic E-state index is 0.00932. The van der Waals surface area contributed by atoms with E-state index in [9.17, 15) is 4.79 Å². The summed E-state index contributed by atoms with van der Waals surface area (Å²) < 4.78 is 1.64. The summed E-state index contributed by atoms with van der Waals surface area (Å²) in [7, 11) is 5.48. The van der Waals surface area contributed by atoms with Crippen molar-refractivity contribution in [2.45, 2.75) is 6.42 Å². The number of hydrazone groups is 1. The molecule has 0 N–H and O–H groups in total. The van der Waals surface area contributed by atoms with Crippen LogP contribution in [0.3, 0.4) is 0 Å². The lowest BCUT2D eigenvalue weighted by atomic mass is 10.2. The summed E-state index contributed by atoms with van der Waals surface area (Å²) in [6.45, 7) is 0.736. The van der Waals surface area contributed by atoms with Crippen LogP contribution in [0, 0.1) is 0 Å². The second kappa shape index (κ2) is 5.65.